The third-order valence-electron chi connectivity index (χ3n) is 2.56. The zero-order valence-corrected chi connectivity index (χ0v) is 10.2. The maximum Gasteiger partial charge on any atom is 0.239 e. The van der Waals surface area contributed by atoms with Crippen LogP contribution in [0.4, 0.5) is 20.5 Å². The second-order valence-electron chi connectivity index (χ2n) is 3.96. The average molecular weight is 265 g/mol. The molecule has 19 heavy (non-hydrogen) atoms. The number of nitrogens with two attached hydrogens (primary N) is 1. The molecule has 0 fully saturated rings. The molecular weight excluding hydrogens is 252 g/mol. The van der Waals surface area contributed by atoms with Crippen molar-refractivity contribution in [3.05, 3.63) is 47.2 Å². The molecule has 0 aliphatic heterocycles. The largest absolute Gasteiger partial charge is 0.365 e. The SMILES string of the molecule is Cc1cnc(NN)nc1NCc1ccc(F)cc1F. The zero-order valence-electron chi connectivity index (χ0n) is 10.2. The van der Waals surface area contributed by atoms with Crippen molar-refractivity contribution in [2.24, 2.45) is 5.84 Å². The molecule has 0 saturated carbocycles. The molecule has 2 aromatic rings. The first-order chi connectivity index (χ1) is 9.10. The number of anilines is 2. The van der Waals surface area contributed by atoms with Crippen LogP contribution in [0.5, 0.6) is 0 Å². The summed E-state index contributed by atoms with van der Waals surface area (Å²) in [4.78, 5) is 8.03. The summed E-state index contributed by atoms with van der Waals surface area (Å²) in [6, 6.07) is 3.44. The minimum atomic E-state index is -0.603. The van der Waals surface area contributed by atoms with Crippen LogP contribution in [0, 0.1) is 18.6 Å². The van der Waals surface area contributed by atoms with Gasteiger partial charge in [-0.3, -0.25) is 5.43 Å². The quantitative estimate of drug-likeness (QED) is 0.582. The summed E-state index contributed by atoms with van der Waals surface area (Å²) in [5.74, 6) is 4.80. The molecule has 0 aliphatic carbocycles. The molecule has 4 N–H and O–H groups in total. The fraction of sp³-hybridized carbons (Fsp3) is 0.167. The molecule has 0 aliphatic rings. The van der Waals surface area contributed by atoms with Gasteiger partial charge in [0.25, 0.3) is 0 Å². The minimum Gasteiger partial charge on any atom is -0.365 e. The molecule has 0 atom stereocenters. The normalized spacial score (nSPS) is 10.3. The Hall–Kier alpha value is -2.28. The summed E-state index contributed by atoms with van der Waals surface area (Å²) in [6.07, 6.45) is 1.59. The first kappa shape index (κ1) is 13.2. The Kier molecular flexibility index (Phi) is 3.86. The number of benzene rings is 1. The number of nitrogens with zero attached hydrogens (tertiary/aromatic N) is 2. The van der Waals surface area contributed by atoms with Crippen molar-refractivity contribution in [3.63, 3.8) is 0 Å². The molecule has 5 nitrogen and oxygen atoms in total. The van der Waals surface area contributed by atoms with Gasteiger partial charge in [-0.2, -0.15) is 4.98 Å². The second kappa shape index (κ2) is 5.57. The number of hydrazine groups is 1. The van der Waals surface area contributed by atoms with Gasteiger partial charge < -0.3 is 5.32 Å². The fourth-order valence-corrected chi connectivity index (χ4v) is 1.53. The standard InChI is InChI=1S/C12H13F2N5/c1-7-5-17-12(19-15)18-11(7)16-6-8-2-3-9(13)4-10(8)14/h2-5H,6,15H2,1H3,(H2,16,17,18,19). The highest BCUT2D eigenvalue weighted by Crippen LogP contribution is 2.15. The van der Waals surface area contributed by atoms with Gasteiger partial charge in [-0.1, -0.05) is 6.07 Å². The predicted molar refractivity (Wildman–Crippen MR) is 68.3 cm³/mol. The van der Waals surface area contributed by atoms with Gasteiger partial charge in [0.05, 0.1) is 0 Å². The van der Waals surface area contributed by atoms with E-state index in [4.69, 9.17) is 5.84 Å². The molecule has 0 spiro atoms. The number of aromatic nitrogens is 2. The van der Waals surface area contributed by atoms with Gasteiger partial charge in [0.1, 0.15) is 17.5 Å². The predicted octanol–water partition coefficient (Wildman–Crippen LogP) is 1.96. The van der Waals surface area contributed by atoms with Crippen molar-refractivity contribution >= 4 is 11.8 Å². The first-order valence-electron chi connectivity index (χ1n) is 5.58. The van der Waals surface area contributed by atoms with Crippen LogP contribution in [0.25, 0.3) is 0 Å². The van der Waals surface area contributed by atoms with E-state index < -0.39 is 11.6 Å². The second-order valence-corrected chi connectivity index (χ2v) is 3.96. The third kappa shape index (κ3) is 3.14. The summed E-state index contributed by atoms with van der Waals surface area (Å²) < 4.78 is 26.2. The summed E-state index contributed by atoms with van der Waals surface area (Å²) in [7, 11) is 0. The molecule has 1 heterocycles. The first-order valence-corrected chi connectivity index (χ1v) is 5.58. The van der Waals surface area contributed by atoms with E-state index >= 15 is 0 Å². The Labute approximate surface area is 108 Å². The number of nitrogen functional groups attached to an aromatic ring is 1. The van der Waals surface area contributed by atoms with Crippen LogP contribution in [0.3, 0.4) is 0 Å². The minimum absolute atomic E-state index is 0.188. The summed E-state index contributed by atoms with van der Waals surface area (Å²) in [5, 5.41) is 2.96. The Morgan fingerprint density at radius 2 is 2.11 bits per heavy atom. The number of nitrogens with one attached hydrogen (secondary N) is 2. The van der Waals surface area contributed by atoms with E-state index in [9.17, 15) is 8.78 Å². The van der Waals surface area contributed by atoms with Gasteiger partial charge in [0.2, 0.25) is 5.95 Å². The van der Waals surface area contributed by atoms with Gasteiger partial charge >= 0.3 is 0 Å². The fourth-order valence-electron chi connectivity index (χ4n) is 1.53. The van der Waals surface area contributed by atoms with Gasteiger partial charge in [-0.15, -0.1) is 0 Å². The third-order valence-corrected chi connectivity index (χ3v) is 2.56. The molecular formula is C12H13F2N5. The average Bonchev–Trinajstić information content (AvgIpc) is 2.39. The lowest BCUT2D eigenvalue weighted by Gasteiger charge is -2.10. The number of rotatable bonds is 4. The molecule has 1 aromatic carbocycles. The van der Waals surface area contributed by atoms with Crippen LogP contribution in [-0.4, -0.2) is 9.97 Å². The molecule has 0 amide bonds. The summed E-state index contributed by atoms with van der Waals surface area (Å²) in [6.45, 7) is 2.00. The van der Waals surface area contributed by atoms with E-state index in [0.717, 1.165) is 11.6 Å². The van der Waals surface area contributed by atoms with Crippen molar-refractivity contribution in [3.8, 4) is 0 Å². The van der Waals surface area contributed by atoms with Crippen LogP contribution in [0.15, 0.2) is 24.4 Å². The molecule has 7 heteroatoms. The van der Waals surface area contributed by atoms with Crippen molar-refractivity contribution in [1.82, 2.24) is 9.97 Å². The van der Waals surface area contributed by atoms with Crippen LogP contribution in [0.1, 0.15) is 11.1 Å². The maximum atomic E-state index is 13.5. The van der Waals surface area contributed by atoms with E-state index in [2.05, 4.69) is 20.7 Å². The van der Waals surface area contributed by atoms with Gasteiger partial charge in [0.15, 0.2) is 0 Å². The Morgan fingerprint density at radius 1 is 1.32 bits per heavy atom. The number of aryl methyl sites for hydroxylation is 1. The summed E-state index contributed by atoms with van der Waals surface area (Å²) >= 11 is 0. The van der Waals surface area contributed by atoms with Gasteiger partial charge in [-0.25, -0.2) is 19.6 Å². The summed E-state index contributed by atoms with van der Waals surface area (Å²) in [5.41, 5.74) is 3.47. The van der Waals surface area contributed by atoms with Gasteiger partial charge in [-0.05, 0) is 13.0 Å². The highest BCUT2D eigenvalue weighted by atomic mass is 19.1. The van der Waals surface area contributed by atoms with Crippen LogP contribution < -0.4 is 16.6 Å². The lowest BCUT2D eigenvalue weighted by atomic mass is 10.2. The van der Waals surface area contributed by atoms with Crippen molar-refractivity contribution in [1.29, 1.82) is 0 Å². The highest BCUT2D eigenvalue weighted by molar-refractivity contribution is 5.46. The lowest BCUT2D eigenvalue weighted by molar-refractivity contribution is 0.574. The molecule has 0 radical (unpaired) electrons. The Morgan fingerprint density at radius 3 is 2.79 bits per heavy atom. The van der Waals surface area contributed by atoms with Crippen molar-refractivity contribution in [2.45, 2.75) is 13.5 Å². The highest BCUT2D eigenvalue weighted by Gasteiger charge is 2.06. The molecule has 0 saturated heterocycles. The monoisotopic (exact) mass is 265 g/mol. The van der Waals surface area contributed by atoms with Gasteiger partial charge in [0, 0.05) is 29.9 Å². The van der Waals surface area contributed by atoms with Crippen LogP contribution in [0.2, 0.25) is 0 Å². The smallest absolute Gasteiger partial charge is 0.239 e. The van der Waals surface area contributed by atoms with E-state index in [0.29, 0.717) is 11.4 Å². The van der Waals surface area contributed by atoms with Crippen molar-refractivity contribution in [2.75, 3.05) is 10.7 Å². The van der Waals surface area contributed by atoms with Crippen LogP contribution >= 0.6 is 0 Å². The van der Waals surface area contributed by atoms with E-state index in [1.54, 1.807) is 6.20 Å². The molecule has 0 unspecified atom stereocenters. The number of hydrogen-bond donors (Lipinski definition) is 3. The van der Waals surface area contributed by atoms with Crippen LogP contribution in [-0.2, 0) is 6.54 Å². The Bertz CT molecular complexity index is 588. The topological polar surface area (TPSA) is 75.9 Å². The van der Waals surface area contributed by atoms with E-state index in [1.807, 2.05) is 6.92 Å². The number of halogens is 2. The molecule has 2 rings (SSSR count). The maximum absolute atomic E-state index is 13.5. The number of hydrogen-bond acceptors (Lipinski definition) is 5. The lowest BCUT2D eigenvalue weighted by Crippen LogP contribution is -2.13. The molecule has 100 valence electrons. The zero-order chi connectivity index (χ0) is 13.8. The Balaban J connectivity index is 2.14. The van der Waals surface area contributed by atoms with E-state index in [1.165, 1.54) is 12.1 Å². The molecule has 0 bridgehead atoms. The van der Waals surface area contributed by atoms with E-state index in [-0.39, 0.29) is 12.5 Å². The van der Waals surface area contributed by atoms with Crippen molar-refractivity contribution < 1.29 is 8.78 Å². The molecule has 1 aromatic heterocycles.